The van der Waals surface area contributed by atoms with E-state index in [1.807, 2.05) is 0 Å². The predicted octanol–water partition coefficient (Wildman–Crippen LogP) is 3.82. The molecule has 1 atom stereocenters. The lowest BCUT2D eigenvalue weighted by Crippen LogP contribution is -2.35. The van der Waals surface area contributed by atoms with Crippen molar-refractivity contribution >= 4 is 40.2 Å². The van der Waals surface area contributed by atoms with E-state index in [0.29, 0.717) is 34.1 Å². The van der Waals surface area contributed by atoms with Crippen molar-refractivity contribution in [3.8, 4) is 0 Å². The Kier molecular flexibility index (Phi) is 5.16. The van der Waals surface area contributed by atoms with Gasteiger partial charge in [-0.2, -0.15) is 0 Å². The van der Waals surface area contributed by atoms with Crippen molar-refractivity contribution in [3.05, 3.63) is 68.6 Å². The monoisotopic (exact) mass is 378 g/mol. The maximum Gasteiger partial charge on any atom is 0.420 e. The van der Waals surface area contributed by atoms with Crippen LogP contribution in [-0.4, -0.2) is 17.0 Å². The number of rotatable bonds is 5. The van der Waals surface area contributed by atoms with Gasteiger partial charge in [-0.05, 0) is 49.2 Å². The second-order valence-corrected chi connectivity index (χ2v) is 6.57. The minimum atomic E-state index is -0.681. The Balaban J connectivity index is 1.68. The smallest absolute Gasteiger partial charge is 0.408 e. The molecule has 0 aliphatic carbocycles. The number of amides is 1. The van der Waals surface area contributed by atoms with Gasteiger partial charge in [0, 0.05) is 16.6 Å². The van der Waals surface area contributed by atoms with Crippen LogP contribution in [0.3, 0.4) is 0 Å². The van der Waals surface area contributed by atoms with Gasteiger partial charge in [0.05, 0.1) is 5.52 Å². The van der Waals surface area contributed by atoms with E-state index in [1.54, 1.807) is 49.4 Å². The van der Waals surface area contributed by atoms with E-state index < -0.39 is 11.8 Å². The number of carbonyl (C=O) groups is 1. The van der Waals surface area contributed by atoms with Crippen LogP contribution in [0.4, 0.5) is 0 Å². The Labute approximate surface area is 154 Å². The first-order chi connectivity index (χ1) is 12.0. The number of nitrogens with one attached hydrogen (secondary N) is 1. The highest BCUT2D eigenvalue weighted by atomic mass is 35.5. The van der Waals surface area contributed by atoms with Crippen LogP contribution in [0.15, 0.2) is 51.7 Å². The number of halogens is 2. The highest BCUT2D eigenvalue weighted by molar-refractivity contribution is 6.34. The molecule has 0 saturated heterocycles. The fourth-order valence-corrected chi connectivity index (χ4v) is 3.27. The molecule has 1 aromatic heterocycles. The number of hydrogen-bond acceptors (Lipinski definition) is 3. The van der Waals surface area contributed by atoms with Gasteiger partial charge in [0.2, 0.25) is 5.91 Å². The fraction of sp³-hybridized carbons (Fsp3) is 0.222. The number of benzene rings is 2. The van der Waals surface area contributed by atoms with E-state index in [-0.39, 0.29) is 5.91 Å². The average molecular weight is 379 g/mol. The van der Waals surface area contributed by atoms with Gasteiger partial charge in [0.25, 0.3) is 0 Å². The van der Waals surface area contributed by atoms with E-state index in [2.05, 4.69) is 5.32 Å². The van der Waals surface area contributed by atoms with Gasteiger partial charge in [-0.3, -0.25) is 9.36 Å². The molecule has 0 aliphatic rings. The molecule has 0 spiro atoms. The zero-order valence-corrected chi connectivity index (χ0v) is 15.0. The van der Waals surface area contributed by atoms with E-state index >= 15 is 0 Å². The largest absolute Gasteiger partial charge is 0.420 e. The molecule has 0 radical (unpaired) electrons. The summed E-state index contributed by atoms with van der Waals surface area (Å²) in [5, 5.41) is 3.93. The molecular formula is C18H16Cl2N2O3. The van der Waals surface area contributed by atoms with Crippen molar-refractivity contribution in [3.63, 3.8) is 0 Å². The second kappa shape index (κ2) is 7.33. The summed E-state index contributed by atoms with van der Waals surface area (Å²) in [5.74, 6) is -0.813. The lowest BCUT2D eigenvalue weighted by atomic mass is 10.1. The third-order valence-electron chi connectivity index (χ3n) is 3.92. The Morgan fingerprint density at radius 2 is 1.88 bits per heavy atom. The summed E-state index contributed by atoms with van der Waals surface area (Å²) in [6, 6.07) is 11.6. The Hall–Kier alpha value is -2.24. The summed E-state index contributed by atoms with van der Waals surface area (Å²) in [7, 11) is 0. The highest BCUT2D eigenvalue weighted by Gasteiger charge is 2.20. The molecule has 0 aliphatic heterocycles. The van der Waals surface area contributed by atoms with Gasteiger partial charge in [0.1, 0.15) is 6.04 Å². The normalized spacial score (nSPS) is 12.3. The van der Waals surface area contributed by atoms with Gasteiger partial charge in [0.15, 0.2) is 5.58 Å². The zero-order chi connectivity index (χ0) is 18.0. The third kappa shape index (κ3) is 3.89. The molecule has 130 valence electrons. The topological polar surface area (TPSA) is 64.2 Å². The van der Waals surface area contributed by atoms with Crippen LogP contribution < -0.4 is 11.1 Å². The SMILES string of the molecule is CC(C(=O)NCCc1cc(Cl)cc(Cl)c1)n1c(=O)oc2ccccc21. The fourth-order valence-electron chi connectivity index (χ4n) is 2.70. The molecule has 0 fully saturated rings. The minimum absolute atomic E-state index is 0.262. The standard InChI is InChI=1S/C18H16Cl2N2O3/c1-11(22-15-4-2-3-5-16(15)25-18(22)24)17(23)21-7-6-12-8-13(19)10-14(20)9-12/h2-5,8-11H,6-7H2,1H3,(H,21,23). The summed E-state index contributed by atoms with van der Waals surface area (Å²) < 4.78 is 6.52. The van der Waals surface area contributed by atoms with E-state index in [1.165, 1.54) is 4.57 Å². The number of carbonyl (C=O) groups excluding carboxylic acids is 1. The number of oxazole rings is 1. The van der Waals surface area contributed by atoms with Crippen molar-refractivity contribution in [2.45, 2.75) is 19.4 Å². The van der Waals surface area contributed by atoms with Gasteiger partial charge in [-0.25, -0.2) is 4.79 Å². The molecule has 3 aromatic rings. The summed E-state index contributed by atoms with van der Waals surface area (Å²) in [6.45, 7) is 2.07. The first-order valence-electron chi connectivity index (χ1n) is 7.78. The highest BCUT2D eigenvalue weighted by Crippen LogP contribution is 2.19. The van der Waals surface area contributed by atoms with Crippen molar-refractivity contribution < 1.29 is 9.21 Å². The van der Waals surface area contributed by atoms with Crippen molar-refractivity contribution in [1.82, 2.24) is 9.88 Å². The van der Waals surface area contributed by atoms with Crippen LogP contribution in [-0.2, 0) is 11.2 Å². The molecule has 0 bridgehead atoms. The summed E-state index contributed by atoms with van der Waals surface area (Å²) in [6.07, 6.45) is 0.583. The number of nitrogens with zero attached hydrogens (tertiary/aromatic N) is 1. The van der Waals surface area contributed by atoms with Crippen LogP contribution in [0, 0.1) is 0 Å². The van der Waals surface area contributed by atoms with Crippen molar-refractivity contribution in [1.29, 1.82) is 0 Å². The number of fused-ring (bicyclic) bond motifs is 1. The van der Waals surface area contributed by atoms with Crippen molar-refractivity contribution in [2.24, 2.45) is 0 Å². The van der Waals surface area contributed by atoms with Crippen LogP contribution in [0.25, 0.3) is 11.1 Å². The maximum atomic E-state index is 12.4. The molecule has 5 nitrogen and oxygen atoms in total. The van der Waals surface area contributed by atoms with Crippen LogP contribution in [0.2, 0.25) is 10.0 Å². The van der Waals surface area contributed by atoms with Gasteiger partial charge in [-0.1, -0.05) is 35.3 Å². The molecule has 1 N–H and O–H groups in total. The maximum absolute atomic E-state index is 12.4. The van der Waals surface area contributed by atoms with Gasteiger partial charge >= 0.3 is 5.76 Å². The van der Waals surface area contributed by atoms with E-state index in [9.17, 15) is 9.59 Å². The van der Waals surface area contributed by atoms with Crippen LogP contribution >= 0.6 is 23.2 Å². The predicted molar refractivity (Wildman–Crippen MR) is 98.4 cm³/mol. The first kappa shape index (κ1) is 17.6. The lowest BCUT2D eigenvalue weighted by Gasteiger charge is -2.13. The average Bonchev–Trinajstić information content (AvgIpc) is 2.88. The molecule has 7 heteroatoms. The first-order valence-corrected chi connectivity index (χ1v) is 8.54. The third-order valence-corrected chi connectivity index (χ3v) is 4.36. The number of para-hydroxylation sites is 2. The molecule has 1 heterocycles. The minimum Gasteiger partial charge on any atom is -0.408 e. The molecular weight excluding hydrogens is 363 g/mol. The Morgan fingerprint density at radius 3 is 2.60 bits per heavy atom. The zero-order valence-electron chi connectivity index (χ0n) is 13.5. The molecule has 0 saturated carbocycles. The molecule has 1 amide bonds. The lowest BCUT2D eigenvalue weighted by molar-refractivity contribution is -0.123. The van der Waals surface area contributed by atoms with Crippen LogP contribution in [0.5, 0.6) is 0 Å². The summed E-state index contributed by atoms with van der Waals surface area (Å²) >= 11 is 11.9. The van der Waals surface area contributed by atoms with Gasteiger partial charge in [-0.15, -0.1) is 0 Å². The Bertz CT molecular complexity index is 958. The number of hydrogen-bond donors (Lipinski definition) is 1. The van der Waals surface area contributed by atoms with Gasteiger partial charge < -0.3 is 9.73 Å². The van der Waals surface area contributed by atoms with Crippen LogP contribution in [0.1, 0.15) is 18.5 Å². The number of aromatic nitrogens is 1. The van der Waals surface area contributed by atoms with Crippen molar-refractivity contribution in [2.75, 3.05) is 6.54 Å². The summed E-state index contributed by atoms with van der Waals surface area (Å²) in [5.41, 5.74) is 1.98. The Morgan fingerprint density at radius 1 is 1.20 bits per heavy atom. The molecule has 25 heavy (non-hydrogen) atoms. The second-order valence-electron chi connectivity index (χ2n) is 5.70. The molecule has 2 aromatic carbocycles. The van der Waals surface area contributed by atoms with E-state index in [0.717, 1.165) is 5.56 Å². The summed E-state index contributed by atoms with van der Waals surface area (Å²) in [4.78, 5) is 24.4. The molecule has 3 rings (SSSR count). The van der Waals surface area contributed by atoms with E-state index in [4.69, 9.17) is 27.6 Å². The quantitative estimate of drug-likeness (QED) is 0.733. The molecule has 1 unspecified atom stereocenters.